The van der Waals surface area contributed by atoms with Gasteiger partial charge >= 0.3 is 6.09 Å². The molecule has 12 heteroatoms. The van der Waals surface area contributed by atoms with E-state index in [9.17, 15) is 4.79 Å². The fourth-order valence-corrected chi connectivity index (χ4v) is 4.14. The molecule has 186 valence electrons. The van der Waals surface area contributed by atoms with Crippen LogP contribution < -0.4 is 15.4 Å². The van der Waals surface area contributed by atoms with E-state index in [4.69, 9.17) is 21.1 Å². The summed E-state index contributed by atoms with van der Waals surface area (Å²) in [5.74, 6) is 1.21. The van der Waals surface area contributed by atoms with Crippen LogP contribution in [0.4, 0.5) is 26.6 Å². The maximum absolute atomic E-state index is 15.3. The van der Waals surface area contributed by atoms with Crippen molar-refractivity contribution in [2.24, 2.45) is 0 Å². The molecule has 0 radical (unpaired) electrons. The van der Waals surface area contributed by atoms with E-state index in [1.165, 1.54) is 11.1 Å². The van der Waals surface area contributed by atoms with Crippen LogP contribution in [-0.4, -0.2) is 68.3 Å². The first-order valence-electron chi connectivity index (χ1n) is 11.4. The number of nitrogens with one attached hydrogen (secondary N) is 2. The monoisotopic (exact) mass is 495 g/mol. The van der Waals surface area contributed by atoms with Gasteiger partial charge in [-0.05, 0) is 41.0 Å². The zero-order chi connectivity index (χ0) is 24.6. The number of piperidine rings is 1. The van der Waals surface area contributed by atoms with Gasteiger partial charge in [-0.15, -0.1) is 5.10 Å². The molecule has 0 saturated carbocycles. The average molecular weight is 496 g/mol. The summed E-state index contributed by atoms with van der Waals surface area (Å²) in [4.78, 5) is 22.5. The number of nitrogens with zero attached hydrogens (tertiary/aromatic N) is 5. The summed E-state index contributed by atoms with van der Waals surface area (Å²) in [6.45, 7) is 9.91. The number of carbonyl (C=O) groups excluding carboxylic acids is 1. The van der Waals surface area contributed by atoms with Crippen molar-refractivity contribution in [2.75, 3.05) is 30.3 Å². The first kappa shape index (κ1) is 24.3. The number of hydrogen-bond donors (Lipinski definition) is 2. The number of aromatic nitrogens is 4. The SMILES string of the molecule is Cc1c2c(nn1C1CCN(C(=O)OC(C)(C)C)CC1F)OCCC(C)Nc1nc(ncc1Cl)N2. The van der Waals surface area contributed by atoms with Crippen LogP contribution in [-0.2, 0) is 4.74 Å². The molecule has 2 aromatic heterocycles. The van der Waals surface area contributed by atoms with Crippen LogP contribution in [0.3, 0.4) is 0 Å². The summed E-state index contributed by atoms with van der Waals surface area (Å²) < 4.78 is 28.3. The number of ether oxygens (including phenoxy) is 2. The van der Waals surface area contributed by atoms with E-state index >= 15 is 4.39 Å². The molecule has 1 amide bonds. The minimum atomic E-state index is -1.32. The highest BCUT2D eigenvalue weighted by atomic mass is 35.5. The van der Waals surface area contributed by atoms with Crippen molar-refractivity contribution in [3.63, 3.8) is 0 Å². The summed E-state index contributed by atoms with van der Waals surface area (Å²) in [7, 11) is 0. The van der Waals surface area contributed by atoms with Gasteiger partial charge in [-0.25, -0.2) is 14.2 Å². The summed E-state index contributed by atoms with van der Waals surface area (Å²) in [6.07, 6.45) is 0.770. The normalized spacial score (nSPS) is 23.0. The van der Waals surface area contributed by atoms with Gasteiger partial charge in [0.25, 0.3) is 5.88 Å². The van der Waals surface area contributed by atoms with E-state index in [1.807, 2.05) is 13.8 Å². The van der Waals surface area contributed by atoms with E-state index in [1.54, 1.807) is 25.5 Å². The molecule has 10 nitrogen and oxygen atoms in total. The van der Waals surface area contributed by atoms with E-state index < -0.39 is 23.9 Å². The van der Waals surface area contributed by atoms with Crippen molar-refractivity contribution in [3.8, 4) is 5.88 Å². The highest BCUT2D eigenvalue weighted by Gasteiger charge is 2.37. The molecule has 3 unspecified atom stereocenters. The molecule has 0 aromatic carbocycles. The van der Waals surface area contributed by atoms with Crippen molar-refractivity contribution in [3.05, 3.63) is 16.9 Å². The van der Waals surface area contributed by atoms with Crippen LogP contribution in [0.15, 0.2) is 6.20 Å². The van der Waals surface area contributed by atoms with E-state index in [2.05, 4.69) is 25.7 Å². The van der Waals surface area contributed by atoms with Gasteiger partial charge in [-0.2, -0.15) is 4.98 Å². The third kappa shape index (κ3) is 5.29. The lowest BCUT2D eigenvalue weighted by molar-refractivity contribution is 0.00550. The molecule has 0 aliphatic carbocycles. The Labute approximate surface area is 203 Å². The molecule has 2 aromatic rings. The molecule has 2 bridgehead atoms. The number of amides is 1. The smallest absolute Gasteiger partial charge is 0.410 e. The van der Waals surface area contributed by atoms with E-state index in [0.29, 0.717) is 60.0 Å². The number of likely N-dealkylation sites (tertiary alicyclic amines) is 1. The lowest BCUT2D eigenvalue weighted by Crippen LogP contribution is -2.47. The summed E-state index contributed by atoms with van der Waals surface area (Å²) in [6, 6.07) is -0.496. The van der Waals surface area contributed by atoms with E-state index in [-0.39, 0.29) is 12.6 Å². The first-order valence-corrected chi connectivity index (χ1v) is 11.8. The Morgan fingerprint density at radius 3 is 2.82 bits per heavy atom. The summed E-state index contributed by atoms with van der Waals surface area (Å²) >= 11 is 6.24. The summed E-state index contributed by atoms with van der Waals surface area (Å²) in [5, 5.41) is 11.4. The molecule has 4 heterocycles. The molecule has 34 heavy (non-hydrogen) atoms. The Morgan fingerprint density at radius 2 is 2.12 bits per heavy atom. The Kier molecular flexibility index (Phi) is 6.75. The minimum absolute atomic E-state index is 0.0531. The molecule has 2 aliphatic rings. The van der Waals surface area contributed by atoms with Crippen LogP contribution in [0.2, 0.25) is 5.02 Å². The lowest BCUT2D eigenvalue weighted by atomic mass is 10.0. The van der Waals surface area contributed by atoms with Crippen molar-refractivity contribution in [2.45, 2.75) is 71.3 Å². The van der Waals surface area contributed by atoms with Crippen LogP contribution in [0.25, 0.3) is 0 Å². The lowest BCUT2D eigenvalue weighted by Gasteiger charge is -2.36. The first-order chi connectivity index (χ1) is 16.0. The molecule has 1 saturated heterocycles. The topological polar surface area (TPSA) is 106 Å². The Hall–Kier alpha value is -2.82. The molecule has 4 rings (SSSR count). The van der Waals surface area contributed by atoms with Crippen molar-refractivity contribution >= 4 is 35.1 Å². The maximum atomic E-state index is 15.3. The second-order valence-corrected chi connectivity index (χ2v) is 10.1. The molecule has 0 spiro atoms. The highest BCUT2D eigenvalue weighted by molar-refractivity contribution is 6.32. The quantitative estimate of drug-likeness (QED) is 0.596. The molecule has 3 atom stereocenters. The minimum Gasteiger partial charge on any atom is -0.475 e. The predicted octanol–water partition coefficient (Wildman–Crippen LogP) is 4.48. The number of carbonyl (C=O) groups is 1. The van der Waals surface area contributed by atoms with Gasteiger partial charge in [0.15, 0.2) is 5.82 Å². The third-order valence-electron chi connectivity index (χ3n) is 5.74. The van der Waals surface area contributed by atoms with Crippen molar-refractivity contribution in [1.82, 2.24) is 24.6 Å². The van der Waals surface area contributed by atoms with Gasteiger partial charge in [-0.3, -0.25) is 4.68 Å². The Bertz CT molecular complexity index is 1060. The number of fused-ring (bicyclic) bond motifs is 3. The number of alkyl halides is 1. The molecule has 1 fully saturated rings. The van der Waals surface area contributed by atoms with Gasteiger partial charge in [0.2, 0.25) is 5.95 Å². The second-order valence-electron chi connectivity index (χ2n) is 9.71. The van der Waals surface area contributed by atoms with Gasteiger partial charge in [0.1, 0.15) is 22.5 Å². The van der Waals surface area contributed by atoms with Crippen molar-refractivity contribution < 1.29 is 18.7 Å². The van der Waals surface area contributed by atoms with Crippen LogP contribution in [0.1, 0.15) is 52.3 Å². The second kappa shape index (κ2) is 9.44. The zero-order valence-electron chi connectivity index (χ0n) is 20.1. The molecule has 2 N–H and O–H groups in total. The van der Waals surface area contributed by atoms with E-state index in [0.717, 1.165) is 0 Å². The summed E-state index contributed by atoms with van der Waals surface area (Å²) in [5.41, 5.74) is 0.628. The highest BCUT2D eigenvalue weighted by Crippen LogP contribution is 2.36. The molecular weight excluding hydrogens is 465 g/mol. The number of anilines is 3. The van der Waals surface area contributed by atoms with Gasteiger partial charge < -0.3 is 25.0 Å². The number of rotatable bonds is 1. The number of hydrogen-bond acceptors (Lipinski definition) is 8. The van der Waals surface area contributed by atoms with Gasteiger partial charge in [-0.1, -0.05) is 11.6 Å². The van der Waals surface area contributed by atoms with Crippen LogP contribution >= 0.6 is 11.6 Å². The maximum Gasteiger partial charge on any atom is 0.410 e. The predicted molar refractivity (Wildman–Crippen MR) is 127 cm³/mol. The fraction of sp³-hybridized carbons (Fsp3) is 0.636. The number of halogens is 2. The van der Waals surface area contributed by atoms with Crippen LogP contribution in [0, 0.1) is 6.92 Å². The zero-order valence-corrected chi connectivity index (χ0v) is 20.8. The van der Waals surface area contributed by atoms with Gasteiger partial charge in [0, 0.05) is 19.0 Å². The largest absolute Gasteiger partial charge is 0.475 e. The van der Waals surface area contributed by atoms with Crippen LogP contribution in [0.5, 0.6) is 5.88 Å². The molecule has 2 aliphatic heterocycles. The Balaban J connectivity index is 1.58. The average Bonchev–Trinajstić information content (AvgIpc) is 3.03. The fourth-order valence-electron chi connectivity index (χ4n) is 4.00. The Morgan fingerprint density at radius 1 is 1.35 bits per heavy atom. The van der Waals surface area contributed by atoms with Gasteiger partial charge in [0.05, 0.1) is 31.1 Å². The van der Waals surface area contributed by atoms with Crippen molar-refractivity contribution in [1.29, 1.82) is 0 Å². The molecular formula is C22H31ClFN7O3. The standard InChI is InChI=1S/C22H31ClFN7O3/c1-12-7-9-33-19-17(27-20-25-10-14(23)18(26-12)28-20)13(2)31(29-19)16-6-8-30(11-15(16)24)21(32)34-22(3,4)5/h10,12,15-16H,6-9,11H2,1-5H3,(H2,25,26,27,28). The third-order valence-corrected chi connectivity index (χ3v) is 6.02.